The van der Waals surface area contributed by atoms with Gasteiger partial charge in [-0.2, -0.15) is 0 Å². The molecule has 3 saturated heterocycles. The normalized spacial score (nSPS) is 27.4. The molecule has 0 aliphatic carbocycles. The van der Waals surface area contributed by atoms with Crippen molar-refractivity contribution in [1.29, 1.82) is 0 Å². The summed E-state index contributed by atoms with van der Waals surface area (Å²) in [4.78, 5) is 31.5. The number of carbonyl (C=O) groups is 2. The summed E-state index contributed by atoms with van der Waals surface area (Å²) in [7, 11) is 0. The van der Waals surface area contributed by atoms with Crippen molar-refractivity contribution in [2.75, 3.05) is 45.8 Å². The Kier molecular flexibility index (Phi) is 8.25. The first-order valence-corrected chi connectivity index (χ1v) is 12.2. The largest absolute Gasteiger partial charge is 0.444 e. The molecule has 0 spiro atoms. The number of hydrogen-bond acceptors (Lipinski definition) is 5. The SMILES string of the molecule is CC1CN(CC2CCN(C(=O)CC3CCN(C(=O)OC(C)(C)C)CC3)CC2)CC(C)O1. The van der Waals surface area contributed by atoms with E-state index in [4.69, 9.17) is 9.47 Å². The molecule has 0 bridgehead atoms. The van der Waals surface area contributed by atoms with Crippen molar-refractivity contribution < 1.29 is 19.1 Å². The summed E-state index contributed by atoms with van der Waals surface area (Å²) in [6, 6.07) is 0. The predicted octanol–water partition coefficient (Wildman–Crippen LogP) is 3.37. The lowest BCUT2D eigenvalue weighted by atomic mass is 9.91. The number of piperidine rings is 2. The van der Waals surface area contributed by atoms with Gasteiger partial charge in [-0.1, -0.05) is 0 Å². The van der Waals surface area contributed by atoms with E-state index in [0.717, 1.165) is 58.4 Å². The molecule has 2 atom stereocenters. The Morgan fingerprint density at radius 1 is 0.871 bits per heavy atom. The molecule has 3 heterocycles. The number of nitrogens with zero attached hydrogens (tertiary/aromatic N) is 3. The minimum absolute atomic E-state index is 0.233. The number of rotatable bonds is 4. The molecule has 0 N–H and O–H groups in total. The topological polar surface area (TPSA) is 62.3 Å². The van der Waals surface area contributed by atoms with Gasteiger partial charge in [-0.15, -0.1) is 0 Å². The van der Waals surface area contributed by atoms with Gasteiger partial charge in [0, 0.05) is 52.2 Å². The molecule has 7 heteroatoms. The van der Waals surface area contributed by atoms with E-state index >= 15 is 0 Å². The van der Waals surface area contributed by atoms with Gasteiger partial charge in [-0.3, -0.25) is 9.69 Å². The molecule has 7 nitrogen and oxygen atoms in total. The van der Waals surface area contributed by atoms with Crippen LogP contribution in [0, 0.1) is 11.8 Å². The third-order valence-electron chi connectivity index (χ3n) is 6.71. The molecule has 2 unspecified atom stereocenters. The maximum Gasteiger partial charge on any atom is 0.410 e. The Hall–Kier alpha value is -1.34. The van der Waals surface area contributed by atoms with Crippen LogP contribution in [0.5, 0.6) is 0 Å². The summed E-state index contributed by atoms with van der Waals surface area (Å²) in [5, 5.41) is 0. The number of morpholine rings is 1. The molecule has 0 aromatic carbocycles. The molecule has 31 heavy (non-hydrogen) atoms. The quantitative estimate of drug-likeness (QED) is 0.675. The fourth-order valence-corrected chi connectivity index (χ4v) is 5.19. The van der Waals surface area contributed by atoms with Crippen LogP contribution in [0.15, 0.2) is 0 Å². The van der Waals surface area contributed by atoms with Gasteiger partial charge in [0.25, 0.3) is 0 Å². The number of ether oxygens (including phenoxy) is 2. The monoisotopic (exact) mass is 437 g/mol. The van der Waals surface area contributed by atoms with Crippen LogP contribution in [0.3, 0.4) is 0 Å². The third-order valence-corrected chi connectivity index (χ3v) is 6.71. The van der Waals surface area contributed by atoms with Crippen LogP contribution in [0.4, 0.5) is 4.79 Å². The fraction of sp³-hybridized carbons (Fsp3) is 0.917. The van der Waals surface area contributed by atoms with E-state index < -0.39 is 5.60 Å². The van der Waals surface area contributed by atoms with Crippen LogP contribution in [-0.2, 0) is 14.3 Å². The van der Waals surface area contributed by atoms with Gasteiger partial charge in [0.05, 0.1) is 12.2 Å². The molecule has 3 fully saturated rings. The predicted molar refractivity (Wildman–Crippen MR) is 121 cm³/mol. The highest BCUT2D eigenvalue weighted by molar-refractivity contribution is 5.76. The molecule has 3 aliphatic rings. The summed E-state index contributed by atoms with van der Waals surface area (Å²) in [6.07, 6.45) is 4.98. The average molecular weight is 438 g/mol. The van der Waals surface area contributed by atoms with Crippen LogP contribution in [0.25, 0.3) is 0 Å². The molecule has 0 aromatic heterocycles. The third kappa shape index (κ3) is 7.63. The highest BCUT2D eigenvalue weighted by Gasteiger charge is 2.31. The van der Waals surface area contributed by atoms with Crippen molar-refractivity contribution in [2.24, 2.45) is 11.8 Å². The molecule has 0 radical (unpaired) electrons. The van der Waals surface area contributed by atoms with Gasteiger partial charge >= 0.3 is 6.09 Å². The fourth-order valence-electron chi connectivity index (χ4n) is 5.19. The standard InChI is InChI=1S/C24H43N3O4/c1-18-15-25(16-19(2)30-18)17-21-8-10-26(11-9-21)22(28)14-20-6-12-27(13-7-20)23(29)31-24(3,4)5/h18-21H,6-17H2,1-5H3. The van der Waals surface area contributed by atoms with Gasteiger partial charge in [-0.25, -0.2) is 4.79 Å². The second kappa shape index (κ2) is 10.5. The second-order valence-electron chi connectivity index (χ2n) is 10.9. The van der Waals surface area contributed by atoms with E-state index in [0.29, 0.717) is 49.5 Å². The van der Waals surface area contributed by atoms with E-state index in [-0.39, 0.29) is 6.09 Å². The lowest BCUT2D eigenvalue weighted by Gasteiger charge is -2.40. The first kappa shape index (κ1) is 24.3. The average Bonchev–Trinajstić information content (AvgIpc) is 2.67. The van der Waals surface area contributed by atoms with Gasteiger partial charge in [0.15, 0.2) is 0 Å². The maximum atomic E-state index is 12.8. The zero-order valence-corrected chi connectivity index (χ0v) is 20.3. The van der Waals surface area contributed by atoms with E-state index in [1.807, 2.05) is 20.8 Å². The zero-order chi connectivity index (χ0) is 22.6. The van der Waals surface area contributed by atoms with Crippen molar-refractivity contribution in [1.82, 2.24) is 14.7 Å². The van der Waals surface area contributed by atoms with Crippen molar-refractivity contribution in [3.8, 4) is 0 Å². The molecular formula is C24H43N3O4. The smallest absolute Gasteiger partial charge is 0.410 e. The Labute approximate surface area is 188 Å². The van der Waals surface area contributed by atoms with Gasteiger partial charge in [0.1, 0.15) is 5.60 Å². The number of likely N-dealkylation sites (tertiary alicyclic amines) is 2. The molecular weight excluding hydrogens is 394 g/mol. The number of amides is 2. The molecule has 0 aromatic rings. The van der Waals surface area contributed by atoms with E-state index in [1.165, 1.54) is 0 Å². The summed E-state index contributed by atoms with van der Waals surface area (Å²) in [6.45, 7) is 16.3. The van der Waals surface area contributed by atoms with Crippen molar-refractivity contribution in [2.45, 2.75) is 84.5 Å². The summed E-state index contributed by atoms with van der Waals surface area (Å²) < 4.78 is 11.3. The van der Waals surface area contributed by atoms with E-state index in [2.05, 4.69) is 23.6 Å². The van der Waals surface area contributed by atoms with Crippen molar-refractivity contribution >= 4 is 12.0 Å². The molecule has 3 rings (SSSR count). The lowest BCUT2D eigenvalue weighted by molar-refractivity contribution is -0.134. The first-order chi connectivity index (χ1) is 14.6. The van der Waals surface area contributed by atoms with Crippen molar-refractivity contribution in [3.05, 3.63) is 0 Å². The Morgan fingerprint density at radius 2 is 1.39 bits per heavy atom. The van der Waals surface area contributed by atoms with Crippen LogP contribution < -0.4 is 0 Å². The molecule has 3 aliphatic heterocycles. The van der Waals surface area contributed by atoms with Crippen LogP contribution >= 0.6 is 0 Å². The summed E-state index contributed by atoms with van der Waals surface area (Å²) in [5.41, 5.74) is -0.464. The van der Waals surface area contributed by atoms with Crippen LogP contribution in [0.2, 0.25) is 0 Å². The minimum atomic E-state index is -0.464. The lowest BCUT2D eigenvalue weighted by Crippen LogP contribution is -2.49. The van der Waals surface area contributed by atoms with Gasteiger partial charge in [-0.05, 0) is 72.1 Å². The second-order valence-corrected chi connectivity index (χ2v) is 10.9. The minimum Gasteiger partial charge on any atom is -0.444 e. The van der Waals surface area contributed by atoms with E-state index in [1.54, 1.807) is 4.90 Å². The molecule has 2 amide bonds. The summed E-state index contributed by atoms with van der Waals surface area (Å²) >= 11 is 0. The Morgan fingerprint density at radius 3 is 1.94 bits per heavy atom. The van der Waals surface area contributed by atoms with E-state index in [9.17, 15) is 9.59 Å². The molecule has 178 valence electrons. The number of hydrogen-bond donors (Lipinski definition) is 0. The van der Waals surface area contributed by atoms with Crippen LogP contribution in [-0.4, -0.2) is 90.3 Å². The Bertz CT molecular complexity index is 594. The van der Waals surface area contributed by atoms with Crippen molar-refractivity contribution in [3.63, 3.8) is 0 Å². The van der Waals surface area contributed by atoms with Crippen LogP contribution in [0.1, 0.15) is 66.7 Å². The Balaban J connectivity index is 1.35. The highest BCUT2D eigenvalue weighted by atomic mass is 16.6. The molecule has 0 saturated carbocycles. The first-order valence-electron chi connectivity index (χ1n) is 12.2. The van der Waals surface area contributed by atoms with Gasteiger partial charge in [0.2, 0.25) is 5.91 Å². The summed E-state index contributed by atoms with van der Waals surface area (Å²) in [5.74, 6) is 1.35. The number of carbonyl (C=O) groups excluding carboxylic acids is 2. The van der Waals surface area contributed by atoms with Gasteiger partial charge < -0.3 is 19.3 Å². The highest BCUT2D eigenvalue weighted by Crippen LogP contribution is 2.26. The maximum absolute atomic E-state index is 12.8. The zero-order valence-electron chi connectivity index (χ0n) is 20.3.